The van der Waals surface area contributed by atoms with Gasteiger partial charge >= 0.3 is 6.09 Å². The second kappa shape index (κ2) is 6.35. The Labute approximate surface area is 124 Å². The summed E-state index contributed by atoms with van der Waals surface area (Å²) in [6.07, 6.45) is -0.607. The Bertz CT molecular complexity index is 558. The fourth-order valence-corrected chi connectivity index (χ4v) is 1.70. The molecule has 0 aliphatic heterocycles. The minimum absolute atomic E-state index is 0.0900. The molecule has 0 saturated carbocycles. The molecule has 0 aliphatic carbocycles. The Hall–Kier alpha value is -2.42. The first-order chi connectivity index (χ1) is 9.69. The summed E-state index contributed by atoms with van der Waals surface area (Å²) in [7, 11) is 2.91. The van der Waals surface area contributed by atoms with Gasteiger partial charge in [0.15, 0.2) is 11.5 Å². The van der Waals surface area contributed by atoms with Crippen LogP contribution in [0.4, 0.5) is 4.79 Å². The maximum Gasteiger partial charge on any atom is 0.411 e. The van der Waals surface area contributed by atoms with Crippen LogP contribution in [0.1, 0.15) is 32.4 Å². The van der Waals surface area contributed by atoms with Crippen LogP contribution in [-0.4, -0.2) is 35.9 Å². The first kappa shape index (κ1) is 16.6. The highest BCUT2D eigenvalue weighted by Gasteiger charge is 2.26. The van der Waals surface area contributed by atoms with Crippen LogP contribution in [0.15, 0.2) is 18.2 Å². The van der Waals surface area contributed by atoms with Crippen molar-refractivity contribution >= 4 is 6.09 Å². The van der Waals surface area contributed by atoms with Gasteiger partial charge in [-0.15, -0.1) is 0 Å². The Morgan fingerprint density at radius 2 is 2.05 bits per heavy atom. The predicted molar refractivity (Wildman–Crippen MR) is 77.0 cm³/mol. The molecule has 0 aliphatic rings. The molecule has 1 unspecified atom stereocenters. The monoisotopic (exact) mass is 292 g/mol. The van der Waals surface area contributed by atoms with Gasteiger partial charge in [-0.3, -0.25) is 4.90 Å². The smallest absolute Gasteiger partial charge is 0.411 e. The zero-order valence-corrected chi connectivity index (χ0v) is 12.9. The van der Waals surface area contributed by atoms with Crippen molar-refractivity contribution in [2.75, 3.05) is 14.2 Å². The van der Waals surface area contributed by atoms with Crippen molar-refractivity contribution in [1.82, 2.24) is 4.90 Å². The number of aromatic hydroxyl groups is 1. The molecule has 1 rings (SSSR count). The number of nitrogens with zero attached hydrogens (tertiary/aromatic N) is 2. The number of phenols is 1. The first-order valence-corrected chi connectivity index (χ1v) is 6.42. The van der Waals surface area contributed by atoms with Crippen molar-refractivity contribution in [3.8, 4) is 17.6 Å². The lowest BCUT2D eigenvalue weighted by Gasteiger charge is -2.27. The Balaban J connectivity index is 3.00. The number of ether oxygens (including phenoxy) is 2. The molecule has 0 aromatic heterocycles. The Kier molecular flexibility index (Phi) is 5.03. The van der Waals surface area contributed by atoms with E-state index in [9.17, 15) is 15.2 Å². The van der Waals surface area contributed by atoms with Crippen molar-refractivity contribution in [3.63, 3.8) is 0 Å². The standard InChI is InChI=1S/C15H20N2O4/c1-15(2,3)21-14(19)17(4)11(9-16)10-6-7-13(20-5)12(18)8-10/h6-8,11,18H,1-5H3. The second-order valence-corrected chi connectivity index (χ2v) is 5.55. The van der Waals surface area contributed by atoms with Gasteiger partial charge < -0.3 is 14.6 Å². The molecule has 1 aromatic rings. The molecule has 114 valence electrons. The van der Waals surface area contributed by atoms with E-state index in [1.165, 1.54) is 31.2 Å². The number of carbonyl (C=O) groups excluding carboxylic acids is 1. The molecule has 1 N–H and O–H groups in total. The van der Waals surface area contributed by atoms with Crippen LogP contribution in [0.2, 0.25) is 0 Å². The molecule has 1 aromatic carbocycles. The third-order valence-electron chi connectivity index (χ3n) is 2.71. The molecule has 0 spiro atoms. The van der Waals surface area contributed by atoms with Crippen LogP contribution < -0.4 is 4.74 Å². The SMILES string of the molecule is COc1ccc(C(C#N)N(C)C(=O)OC(C)(C)C)cc1O. The molecule has 6 heteroatoms. The van der Waals surface area contributed by atoms with E-state index in [-0.39, 0.29) is 5.75 Å². The number of methoxy groups -OCH3 is 1. The van der Waals surface area contributed by atoms with Gasteiger partial charge in [-0.05, 0) is 38.5 Å². The summed E-state index contributed by atoms with van der Waals surface area (Å²) in [5.41, 5.74) is -0.169. The molecule has 0 heterocycles. The lowest BCUT2D eigenvalue weighted by molar-refractivity contribution is 0.0258. The normalized spacial score (nSPS) is 12.2. The van der Waals surface area contributed by atoms with E-state index in [2.05, 4.69) is 0 Å². The molecule has 0 bridgehead atoms. The predicted octanol–water partition coefficient (Wildman–Crippen LogP) is 2.83. The van der Waals surface area contributed by atoms with E-state index in [0.29, 0.717) is 11.3 Å². The minimum Gasteiger partial charge on any atom is -0.504 e. The summed E-state index contributed by atoms with van der Waals surface area (Å²) >= 11 is 0. The average Bonchev–Trinajstić information content (AvgIpc) is 2.37. The third-order valence-corrected chi connectivity index (χ3v) is 2.71. The fraction of sp³-hybridized carbons (Fsp3) is 0.467. The Morgan fingerprint density at radius 1 is 1.43 bits per heavy atom. The van der Waals surface area contributed by atoms with Gasteiger partial charge in [0, 0.05) is 7.05 Å². The molecule has 21 heavy (non-hydrogen) atoms. The number of benzene rings is 1. The molecular formula is C15H20N2O4. The summed E-state index contributed by atoms with van der Waals surface area (Å²) < 4.78 is 10.2. The van der Waals surface area contributed by atoms with Gasteiger partial charge in [0.05, 0.1) is 13.2 Å². The van der Waals surface area contributed by atoms with Crippen molar-refractivity contribution in [2.45, 2.75) is 32.4 Å². The molecule has 0 fully saturated rings. The van der Waals surface area contributed by atoms with Crippen LogP contribution in [0.5, 0.6) is 11.5 Å². The summed E-state index contributed by atoms with van der Waals surface area (Å²) in [6.45, 7) is 5.25. The fourth-order valence-electron chi connectivity index (χ4n) is 1.70. The maximum absolute atomic E-state index is 12.0. The number of hydrogen-bond donors (Lipinski definition) is 1. The summed E-state index contributed by atoms with van der Waals surface area (Å²) in [4.78, 5) is 13.2. The van der Waals surface area contributed by atoms with Crippen LogP contribution >= 0.6 is 0 Å². The van der Waals surface area contributed by atoms with Crippen molar-refractivity contribution in [1.29, 1.82) is 5.26 Å². The number of nitriles is 1. The molecule has 0 saturated heterocycles. The van der Waals surface area contributed by atoms with E-state index < -0.39 is 17.7 Å². The zero-order valence-electron chi connectivity index (χ0n) is 12.9. The van der Waals surface area contributed by atoms with Gasteiger partial charge in [-0.1, -0.05) is 6.07 Å². The number of phenolic OH excluding ortho intramolecular Hbond substituents is 1. The minimum atomic E-state index is -0.864. The van der Waals surface area contributed by atoms with Crippen molar-refractivity contribution in [2.24, 2.45) is 0 Å². The van der Waals surface area contributed by atoms with Crippen LogP contribution in [0, 0.1) is 11.3 Å². The topological polar surface area (TPSA) is 82.8 Å². The van der Waals surface area contributed by atoms with E-state index in [0.717, 1.165) is 0 Å². The van der Waals surface area contributed by atoms with Gasteiger partial charge in [0.25, 0.3) is 0 Å². The second-order valence-electron chi connectivity index (χ2n) is 5.55. The van der Waals surface area contributed by atoms with Gasteiger partial charge in [-0.25, -0.2) is 4.79 Å². The lowest BCUT2D eigenvalue weighted by Crippen LogP contribution is -2.36. The molecule has 0 radical (unpaired) electrons. The third kappa shape index (κ3) is 4.28. The highest BCUT2D eigenvalue weighted by atomic mass is 16.6. The van der Waals surface area contributed by atoms with E-state index in [1.807, 2.05) is 6.07 Å². The van der Waals surface area contributed by atoms with Gasteiger partial charge in [0.2, 0.25) is 0 Å². The number of amides is 1. The molecule has 1 atom stereocenters. The quantitative estimate of drug-likeness (QED) is 0.926. The highest BCUT2D eigenvalue weighted by molar-refractivity contribution is 5.69. The van der Waals surface area contributed by atoms with Gasteiger partial charge in [-0.2, -0.15) is 5.26 Å². The van der Waals surface area contributed by atoms with E-state index in [4.69, 9.17) is 9.47 Å². The Morgan fingerprint density at radius 3 is 2.48 bits per heavy atom. The number of hydrogen-bond acceptors (Lipinski definition) is 5. The lowest BCUT2D eigenvalue weighted by atomic mass is 10.1. The molecule has 1 amide bonds. The summed E-state index contributed by atoms with van der Waals surface area (Å²) in [5, 5.41) is 19.1. The van der Waals surface area contributed by atoms with Crippen LogP contribution in [-0.2, 0) is 4.74 Å². The zero-order chi connectivity index (χ0) is 16.2. The average molecular weight is 292 g/mol. The van der Waals surface area contributed by atoms with Crippen molar-refractivity contribution in [3.05, 3.63) is 23.8 Å². The summed E-state index contributed by atoms with van der Waals surface area (Å²) in [6, 6.07) is 5.71. The first-order valence-electron chi connectivity index (χ1n) is 6.42. The molecular weight excluding hydrogens is 272 g/mol. The van der Waals surface area contributed by atoms with E-state index in [1.54, 1.807) is 26.8 Å². The van der Waals surface area contributed by atoms with Crippen LogP contribution in [0.25, 0.3) is 0 Å². The molecule has 6 nitrogen and oxygen atoms in total. The highest BCUT2D eigenvalue weighted by Crippen LogP contribution is 2.30. The van der Waals surface area contributed by atoms with Crippen molar-refractivity contribution < 1.29 is 19.4 Å². The van der Waals surface area contributed by atoms with E-state index >= 15 is 0 Å². The number of rotatable bonds is 3. The van der Waals surface area contributed by atoms with Gasteiger partial charge in [0.1, 0.15) is 11.6 Å². The number of carbonyl (C=O) groups is 1. The maximum atomic E-state index is 12.0. The van der Waals surface area contributed by atoms with Crippen LogP contribution in [0.3, 0.4) is 0 Å². The largest absolute Gasteiger partial charge is 0.504 e. The summed E-state index contributed by atoms with van der Waals surface area (Å²) in [5.74, 6) is 0.211.